The van der Waals surface area contributed by atoms with Crippen LogP contribution in [0, 0.1) is 5.41 Å². The van der Waals surface area contributed by atoms with Crippen molar-refractivity contribution >= 4 is 23.2 Å². The van der Waals surface area contributed by atoms with Gasteiger partial charge < -0.3 is 20.7 Å². The van der Waals surface area contributed by atoms with Crippen molar-refractivity contribution in [2.75, 3.05) is 43.1 Å². The van der Waals surface area contributed by atoms with E-state index in [2.05, 4.69) is 31.0 Å². The van der Waals surface area contributed by atoms with Gasteiger partial charge in [-0.05, 0) is 42.5 Å². The Bertz CT molecular complexity index is 695. The van der Waals surface area contributed by atoms with Crippen LogP contribution in [0.15, 0.2) is 24.3 Å². The van der Waals surface area contributed by atoms with Crippen LogP contribution in [-0.2, 0) is 14.3 Å². The van der Waals surface area contributed by atoms with Crippen molar-refractivity contribution in [3.63, 3.8) is 0 Å². The van der Waals surface area contributed by atoms with Crippen molar-refractivity contribution in [2.45, 2.75) is 45.7 Å². The predicted octanol–water partition coefficient (Wildman–Crippen LogP) is 1.83. The first-order valence-electron chi connectivity index (χ1n) is 10.0. The van der Waals surface area contributed by atoms with Gasteiger partial charge in [0.15, 0.2) is 0 Å². The Morgan fingerprint density at radius 3 is 2.54 bits per heavy atom. The second-order valence-electron chi connectivity index (χ2n) is 8.85. The van der Waals surface area contributed by atoms with E-state index in [1.165, 1.54) is 0 Å². The number of carbonyl (C=O) groups is 2. The van der Waals surface area contributed by atoms with Crippen LogP contribution in [0.1, 0.15) is 33.6 Å². The third-order valence-electron chi connectivity index (χ3n) is 5.03. The first kappa shape index (κ1) is 20.8. The molecule has 2 amide bonds. The van der Waals surface area contributed by atoms with Crippen molar-refractivity contribution in [1.29, 1.82) is 0 Å². The highest BCUT2D eigenvalue weighted by molar-refractivity contribution is 5.97. The summed E-state index contributed by atoms with van der Waals surface area (Å²) in [6.07, 6.45) is 2.25. The molecule has 1 saturated carbocycles. The number of nitrogens with zero attached hydrogens (tertiary/aromatic N) is 2. The molecule has 1 heterocycles. The van der Waals surface area contributed by atoms with Crippen LogP contribution in [0.25, 0.3) is 0 Å². The number of ether oxygens (including phenoxy) is 1. The maximum atomic E-state index is 12.9. The fourth-order valence-corrected chi connectivity index (χ4v) is 3.58. The molecule has 1 aromatic rings. The van der Waals surface area contributed by atoms with Crippen LogP contribution in [0.4, 0.5) is 11.4 Å². The van der Waals surface area contributed by atoms with Crippen LogP contribution in [-0.4, -0.2) is 61.6 Å². The lowest BCUT2D eigenvalue weighted by Crippen LogP contribution is -2.52. The van der Waals surface area contributed by atoms with Gasteiger partial charge in [-0.15, -0.1) is 0 Å². The minimum Gasteiger partial charge on any atom is -0.370 e. The summed E-state index contributed by atoms with van der Waals surface area (Å²) in [4.78, 5) is 28.8. The molecule has 7 heteroatoms. The SMILES string of the molecule is CC(C)(C)CN(C1CC1)[C@@H](CN)C(=O)Nc1ccc(N2CCOCC2=O)cc1. The number of nitrogens with two attached hydrogens (primary N) is 1. The zero-order valence-electron chi connectivity index (χ0n) is 17.1. The van der Waals surface area contributed by atoms with Gasteiger partial charge in [-0.2, -0.15) is 0 Å². The number of carbonyl (C=O) groups excluding carboxylic acids is 2. The first-order valence-corrected chi connectivity index (χ1v) is 10.0. The number of rotatable bonds is 7. The molecular formula is C21H32N4O3. The van der Waals surface area contributed by atoms with Crippen molar-refractivity contribution in [2.24, 2.45) is 11.1 Å². The lowest BCUT2D eigenvalue weighted by molar-refractivity contribution is -0.125. The predicted molar refractivity (Wildman–Crippen MR) is 110 cm³/mol. The maximum absolute atomic E-state index is 12.9. The van der Waals surface area contributed by atoms with Crippen molar-refractivity contribution in [1.82, 2.24) is 4.90 Å². The summed E-state index contributed by atoms with van der Waals surface area (Å²) >= 11 is 0. The molecule has 1 saturated heterocycles. The third kappa shape index (κ3) is 5.31. The Labute approximate surface area is 167 Å². The summed E-state index contributed by atoms with van der Waals surface area (Å²) in [5.74, 6) is -0.123. The van der Waals surface area contributed by atoms with Gasteiger partial charge in [0.2, 0.25) is 5.91 Å². The molecule has 1 aliphatic heterocycles. The topological polar surface area (TPSA) is 87.9 Å². The normalized spacial score (nSPS) is 19.0. The Morgan fingerprint density at radius 1 is 1.32 bits per heavy atom. The standard InChI is InChI=1S/C21H32N4O3/c1-21(2,3)14-25(17-8-9-17)18(12-22)20(27)23-15-4-6-16(7-5-15)24-10-11-28-13-19(24)26/h4-7,17-18H,8-14,22H2,1-3H3,(H,23,27)/t18-/m0/s1. The average molecular weight is 389 g/mol. The van der Waals surface area contributed by atoms with E-state index >= 15 is 0 Å². The summed E-state index contributed by atoms with van der Waals surface area (Å²) in [6, 6.07) is 7.47. The molecule has 1 aliphatic carbocycles. The van der Waals surface area contributed by atoms with Gasteiger partial charge in [-0.25, -0.2) is 0 Å². The van der Waals surface area contributed by atoms with Crippen molar-refractivity contribution in [3.05, 3.63) is 24.3 Å². The second-order valence-corrected chi connectivity index (χ2v) is 8.85. The zero-order chi connectivity index (χ0) is 20.3. The van der Waals surface area contributed by atoms with Crippen LogP contribution in [0.2, 0.25) is 0 Å². The van der Waals surface area contributed by atoms with E-state index in [0.29, 0.717) is 31.4 Å². The van der Waals surface area contributed by atoms with E-state index in [4.69, 9.17) is 10.5 Å². The van der Waals surface area contributed by atoms with Gasteiger partial charge in [-0.1, -0.05) is 20.8 Å². The van der Waals surface area contributed by atoms with Gasteiger partial charge in [0.05, 0.1) is 6.61 Å². The summed E-state index contributed by atoms with van der Waals surface area (Å²) in [7, 11) is 0. The van der Waals surface area contributed by atoms with Gasteiger partial charge >= 0.3 is 0 Å². The molecule has 0 unspecified atom stereocenters. The quantitative estimate of drug-likeness (QED) is 0.744. The van der Waals surface area contributed by atoms with E-state index in [9.17, 15) is 9.59 Å². The molecule has 1 aromatic carbocycles. The maximum Gasteiger partial charge on any atom is 0.253 e. The second kappa shape index (κ2) is 8.59. The molecule has 154 valence electrons. The zero-order valence-corrected chi connectivity index (χ0v) is 17.1. The van der Waals surface area contributed by atoms with Crippen LogP contribution in [0.5, 0.6) is 0 Å². The molecule has 0 radical (unpaired) electrons. The van der Waals surface area contributed by atoms with Crippen molar-refractivity contribution < 1.29 is 14.3 Å². The molecule has 2 fully saturated rings. The smallest absolute Gasteiger partial charge is 0.253 e. The Hall–Kier alpha value is -1.96. The van der Waals surface area contributed by atoms with Crippen molar-refractivity contribution in [3.8, 4) is 0 Å². The highest BCUT2D eigenvalue weighted by atomic mass is 16.5. The van der Waals surface area contributed by atoms with Gasteiger partial charge in [0, 0.05) is 37.1 Å². The van der Waals surface area contributed by atoms with E-state index in [1.54, 1.807) is 4.90 Å². The molecule has 28 heavy (non-hydrogen) atoms. The molecule has 3 N–H and O–H groups in total. The Morgan fingerprint density at radius 2 is 2.00 bits per heavy atom. The van der Waals surface area contributed by atoms with Gasteiger partial charge in [0.25, 0.3) is 5.91 Å². The van der Waals surface area contributed by atoms with Gasteiger partial charge in [-0.3, -0.25) is 14.5 Å². The van der Waals surface area contributed by atoms with Gasteiger partial charge in [0.1, 0.15) is 12.6 Å². The first-order chi connectivity index (χ1) is 13.3. The van der Waals surface area contributed by atoms with Crippen LogP contribution >= 0.6 is 0 Å². The fraction of sp³-hybridized carbons (Fsp3) is 0.619. The molecule has 1 atom stereocenters. The third-order valence-corrected chi connectivity index (χ3v) is 5.03. The minimum absolute atomic E-state index is 0.0477. The van der Waals surface area contributed by atoms with E-state index < -0.39 is 0 Å². The summed E-state index contributed by atoms with van der Waals surface area (Å²) in [6.45, 7) is 8.86. The lowest BCUT2D eigenvalue weighted by Gasteiger charge is -2.35. The Balaban J connectivity index is 1.66. The highest BCUT2D eigenvalue weighted by Crippen LogP contribution is 2.32. The molecule has 0 spiro atoms. The van der Waals surface area contributed by atoms with E-state index in [1.807, 2.05) is 24.3 Å². The molecule has 7 nitrogen and oxygen atoms in total. The summed E-state index contributed by atoms with van der Waals surface area (Å²) in [5.41, 5.74) is 7.61. The summed E-state index contributed by atoms with van der Waals surface area (Å²) < 4.78 is 5.17. The van der Waals surface area contributed by atoms with E-state index in [-0.39, 0.29) is 29.9 Å². The van der Waals surface area contributed by atoms with Crippen LogP contribution in [0.3, 0.4) is 0 Å². The average Bonchev–Trinajstić information content (AvgIpc) is 3.47. The molecule has 0 bridgehead atoms. The highest BCUT2D eigenvalue weighted by Gasteiger charge is 2.38. The number of anilines is 2. The Kier molecular flexibility index (Phi) is 6.37. The molecule has 2 aliphatic rings. The molecular weight excluding hydrogens is 356 g/mol. The number of nitrogens with one attached hydrogen (secondary N) is 1. The minimum atomic E-state index is -0.341. The largest absolute Gasteiger partial charge is 0.370 e. The fourth-order valence-electron chi connectivity index (χ4n) is 3.58. The molecule has 0 aromatic heterocycles. The number of benzene rings is 1. The number of hydrogen-bond donors (Lipinski definition) is 2. The number of hydrogen-bond acceptors (Lipinski definition) is 5. The number of morpholine rings is 1. The summed E-state index contributed by atoms with van der Waals surface area (Å²) in [5, 5.41) is 2.99. The van der Waals surface area contributed by atoms with Crippen LogP contribution < -0.4 is 16.0 Å². The van der Waals surface area contributed by atoms with E-state index in [0.717, 1.165) is 25.1 Å². The number of amides is 2. The lowest BCUT2D eigenvalue weighted by atomic mass is 9.95. The molecule has 3 rings (SSSR count). The monoisotopic (exact) mass is 388 g/mol.